The van der Waals surface area contributed by atoms with E-state index in [1.165, 1.54) is 6.21 Å². The van der Waals surface area contributed by atoms with Crippen molar-refractivity contribution in [3.05, 3.63) is 57.3 Å². The summed E-state index contributed by atoms with van der Waals surface area (Å²) in [6.45, 7) is 4.89. The predicted octanol–water partition coefficient (Wildman–Crippen LogP) is 4.13. The van der Waals surface area contributed by atoms with Gasteiger partial charge in [-0.3, -0.25) is 9.78 Å². The molecule has 3 aromatic rings. The second-order valence-electron chi connectivity index (χ2n) is 6.56. The number of methoxy groups -OCH3 is 1. The summed E-state index contributed by atoms with van der Waals surface area (Å²) < 4.78 is 16.4. The molecule has 0 aliphatic carbocycles. The normalized spacial score (nSPS) is 10.9. The average molecular weight is 458 g/mol. The highest BCUT2D eigenvalue weighted by Crippen LogP contribution is 2.36. The summed E-state index contributed by atoms with van der Waals surface area (Å²) in [5.41, 5.74) is 3.75. The highest BCUT2D eigenvalue weighted by Gasteiger charge is 2.12. The molecule has 0 aliphatic heterocycles. The zero-order valence-corrected chi connectivity index (χ0v) is 18.8. The number of aromatic amines is 1. The van der Waals surface area contributed by atoms with Crippen LogP contribution in [0.5, 0.6) is 17.2 Å². The molecule has 0 saturated heterocycles. The lowest BCUT2D eigenvalue weighted by Gasteiger charge is -2.13. The fourth-order valence-electron chi connectivity index (χ4n) is 2.76. The van der Waals surface area contributed by atoms with Gasteiger partial charge >= 0.3 is 0 Å². The predicted molar refractivity (Wildman–Crippen MR) is 124 cm³/mol. The lowest BCUT2D eigenvalue weighted by atomic mass is 10.1. The van der Waals surface area contributed by atoms with E-state index in [2.05, 4.69) is 25.7 Å². The third-order valence-electron chi connectivity index (χ3n) is 4.23. The van der Waals surface area contributed by atoms with E-state index < -0.39 is 5.56 Å². The van der Waals surface area contributed by atoms with E-state index in [-0.39, 0.29) is 11.6 Å². The lowest BCUT2D eigenvalue weighted by Crippen LogP contribution is -2.15. The summed E-state index contributed by atoms with van der Waals surface area (Å²) in [5, 5.41) is 12.5. The van der Waals surface area contributed by atoms with E-state index in [1.54, 1.807) is 43.5 Å². The second-order valence-corrected chi connectivity index (χ2v) is 6.97. The molecular weight excluding hydrogens is 434 g/mol. The highest BCUT2D eigenvalue weighted by atomic mass is 35.5. The molecule has 0 radical (unpaired) electrons. The van der Waals surface area contributed by atoms with E-state index in [0.717, 1.165) is 6.42 Å². The maximum Gasteiger partial charge on any atom is 0.279 e. The van der Waals surface area contributed by atoms with Crippen LogP contribution >= 0.6 is 11.6 Å². The minimum atomic E-state index is -0.401. The van der Waals surface area contributed by atoms with Gasteiger partial charge < -0.3 is 14.2 Å². The van der Waals surface area contributed by atoms with Crippen LogP contribution in [0.1, 0.15) is 25.8 Å². The number of nitrogens with one attached hydrogen (secondary N) is 2. The van der Waals surface area contributed by atoms with Gasteiger partial charge in [-0.05, 0) is 55.3 Å². The monoisotopic (exact) mass is 457 g/mol. The highest BCUT2D eigenvalue weighted by molar-refractivity contribution is 6.32. The Bertz CT molecular complexity index is 1130. The summed E-state index contributed by atoms with van der Waals surface area (Å²) >= 11 is 6.35. The van der Waals surface area contributed by atoms with Crippen LogP contribution in [0.2, 0.25) is 5.02 Å². The van der Waals surface area contributed by atoms with E-state index in [9.17, 15) is 4.79 Å². The van der Waals surface area contributed by atoms with Crippen LogP contribution in [0, 0.1) is 0 Å². The molecule has 0 spiro atoms. The van der Waals surface area contributed by atoms with Crippen LogP contribution in [-0.4, -0.2) is 41.7 Å². The van der Waals surface area contributed by atoms with Gasteiger partial charge in [0.1, 0.15) is 5.75 Å². The van der Waals surface area contributed by atoms with Crippen molar-refractivity contribution >= 4 is 23.8 Å². The van der Waals surface area contributed by atoms with Crippen LogP contribution < -0.4 is 25.2 Å². The van der Waals surface area contributed by atoms with Gasteiger partial charge in [-0.15, -0.1) is 10.2 Å². The second kappa shape index (κ2) is 11.1. The molecule has 0 atom stereocenters. The third kappa shape index (κ3) is 5.76. The number of hydrogen-bond acceptors (Lipinski definition) is 8. The van der Waals surface area contributed by atoms with Gasteiger partial charge in [-0.2, -0.15) is 5.10 Å². The molecule has 9 nitrogen and oxygen atoms in total. The summed E-state index contributed by atoms with van der Waals surface area (Å²) in [6.07, 6.45) is 2.38. The van der Waals surface area contributed by atoms with E-state index >= 15 is 0 Å². The van der Waals surface area contributed by atoms with Crippen molar-refractivity contribution in [2.45, 2.75) is 20.3 Å². The number of aromatic nitrogens is 3. The van der Waals surface area contributed by atoms with E-state index in [4.69, 9.17) is 25.8 Å². The largest absolute Gasteiger partial charge is 0.497 e. The van der Waals surface area contributed by atoms with Crippen LogP contribution in [0.4, 0.5) is 5.95 Å². The molecule has 0 fully saturated rings. The molecule has 2 N–H and O–H groups in total. The molecule has 0 saturated carbocycles. The van der Waals surface area contributed by atoms with Gasteiger partial charge in [0.05, 0.1) is 31.6 Å². The third-order valence-corrected chi connectivity index (χ3v) is 4.51. The molecule has 32 heavy (non-hydrogen) atoms. The topological polar surface area (TPSA) is 111 Å². The Morgan fingerprint density at radius 2 is 1.94 bits per heavy atom. The zero-order chi connectivity index (χ0) is 22.9. The van der Waals surface area contributed by atoms with Gasteiger partial charge in [0.25, 0.3) is 5.56 Å². The minimum absolute atomic E-state index is 0.0996. The van der Waals surface area contributed by atoms with Crippen molar-refractivity contribution in [2.75, 3.05) is 25.7 Å². The van der Waals surface area contributed by atoms with Crippen LogP contribution in [0.25, 0.3) is 11.3 Å². The first-order chi connectivity index (χ1) is 15.5. The van der Waals surface area contributed by atoms with Crippen molar-refractivity contribution in [1.29, 1.82) is 0 Å². The molecular formula is C22H24ClN5O4. The van der Waals surface area contributed by atoms with Crippen LogP contribution in [0.15, 0.2) is 46.3 Å². The number of halogens is 1. The van der Waals surface area contributed by atoms with Crippen molar-refractivity contribution in [3.63, 3.8) is 0 Å². The first-order valence-corrected chi connectivity index (χ1v) is 10.4. The summed E-state index contributed by atoms with van der Waals surface area (Å²) in [4.78, 5) is 15.0. The van der Waals surface area contributed by atoms with Crippen molar-refractivity contribution < 1.29 is 14.2 Å². The number of anilines is 1. The lowest BCUT2D eigenvalue weighted by molar-refractivity contribution is 0.277. The van der Waals surface area contributed by atoms with Gasteiger partial charge in [0.15, 0.2) is 17.2 Å². The van der Waals surface area contributed by atoms with Gasteiger partial charge in [-0.1, -0.05) is 18.5 Å². The Hall–Kier alpha value is -3.59. The number of hydrazone groups is 1. The fraction of sp³-hybridized carbons (Fsp3) is 0.273. The molecule has 10 heteroatoms. The maximum atomic E-state index is 12.4. The maximum absolute atomic E-state index is 12.4. The molecule has 0 bridgehead atoms. The molecule has 1 heterocycles. The quantitative estimate of drug-likeness (QED) is 0.348. The van der Waals surface area contributed by atoms with Gasteiger partial charge in [-0.25, -0.2) is 5.43 Å². The number of hydrogen-bond donors (Lipinski definition) is 2. The van der Waals surface area contributed by atoms with E-state index in [1.807, 2.05) is 13.8 Å². The summed E-state index contributed by atoms with van der Waals surface area (Å²) in [6, 6.07) is 10.4. The SMILES string of the molecule is CCCOc1c(Cl)cc(/C=N/Nc2nnc(-c3ccc(OC)cc3)c(=O)[nH]2)cc1OCC. The Morgan fingerprint density at radius 1 is 1.16 bits per heavy atom. The van der Waals surface area contributed by atoms with Crippen LogP contribution in [-0.2, 0) is 0 Å². The van der Waals surface area contributed by atoms with Crippen LogP contribution in [0.3, 0.4) is 0 Å². The molecule has 0 amide bonds. The molecule has 3 rings (SSSR count). The Labute approximate surface area is 190 Å². The Morgan fingerprint density at radius 3 is 2.59 bits per heavy atom. The van der Waals surface area contributed by atoms with Crippen molar-refractivity contribution in [2.24, 2.45) is 5.10 Å². The fourth-order valence-corrected chi connectivity index (χ4v) is 3.04. The van der Waals surface area contributed by atoms with Gasteiger partial charge in [0, 0.05) is 5.56 Å². The Kier molecular flexibility index (Phi) is 8.04. The standard InChI is InChI=1S/C22H24ClN5O4/c1-4-10-32-20-17(23)11-14(12-18(20)31-5-2)13-24-27-22-25-21(29)19(26-28-22)15-6-8-16(30-3)9-7-15/h6-9,11-13H,4-5,10H2,1-3H3,(H2,25,27,28,29)/b24-13+. The smallest absolute Gasteiger partial charge is 0.279 e. The molecule has 1 aromatic heterocycles. The number of H-pyrrole nitrogens is 1. The average Bonchev–Trinajstić information content (AvgIpc) is 2.79. The number of nitrogens with zero attached hydrogens (tertiary/aromatic N) is 3. The molecule has 168 valence electrons. The van der Waals surface area contributed by atoms with Crippen molar-refractivity contribution in [1.82, 2.24) is 15.2 Å². The molecule has 0 aliphatic rings. The zero-order valence-electron chi connectivity index (χ0n) is 18.0. The number of rotatable bonds is 10. The minimum Gasteiger partial charge on any atom is -0.497 e. The molecule has 0 unspecified atom stereocenters. The first-order valence-electron chi connectivity index (χ1n) is 10.0. The number of benzene rings is 2. The first kappa shape index (κ1) is 23.1. The summed E-state index contributed by atoms with van der Waals surface area (Å²) in [7, 11) is 1.57. The Balaban J connectivity index is 1.74. The number of ether oxygens (including phenoxy) is 3. The summed E-state index contributed by atoms with van der Waals surface area (Å²) in [5.74, 6) is 1.82. The molecule has 2 aromatic carbocycles. The van der Waals surface area contributed by atoms with Gasteiger partial charge in [0.2, 0.25) is 5.95 Å². The van der Waals surface area contributed by atoms with Crippen molar-refractivity contribution in [3.8, 4) is 28.5 Å². The van der Waals surface area contributed by atoms with E-state index in [0.29, 0.717) is 46.6 Å².